The molecule has 96 valence electrons. The highest BCUT2D eigenvalue weighted by Crippen LogP contribution is 2.19. The van der Waals surface area contributed by atoms with E-state index >= 15 is 0 Å². The fourth-order valence-corrected chi connectivity index (χ4v) is 1.94. The van der Waals surface area contributed by atoms with Gasteiger partial charge in [0.1, 0.15) is 6.04 Å². The highest BCUT2D eigenvalue weighted by Gasteiger charge is 2.45. The van der Waals surface area contributed by atoms with E-state index in [1.54, 1.807) is 0 Å². The summed E-state index contributed by atoms with van der Waals surface area (Å²) >= 11 is 0. The number of ether oxygens (including phenoxy) is 2. The largest absolute Gasteiger partial charge is 0.479 e. The molecule has 0 aromatic rings. The second-order valence-corrected chi connectivity index (χ2v) is 4.26. The van der Waals surface area contributed by atoms with Crippen LogP contribution in [-0.2, 0) is 19.1 Å². The highest BCUT2D eigenvalue weighted by molar-refractivity contribution is 5.90. The maximum absolute atomic E-state index is 11.9. The Morgan fingerprint density at radius 2 is 2.18 bits per heavy atom. The first-order valence-electron chi connectivity index (χ1n) is 5.58. The topological polar surface area (TPSA) is 96.9 Å². The zero-order valence-electron chi connectivity index (χ0n) is 9.40. The summed E-state index contributed by atoms with van der Waals surface area (Å²) in [5, 5.41) is 14.7. The third kappa shape index (κ3) is 2.56. The lowest BCUT2D eigenvalue weighted by atomic mass is 9.98. The van der Waals surface area contributed by atoms with Gasteiger partial charge in [-0.2, -0.15) is 0 Å². The Morgan fingerprint density at radius 3 is 2.71 bits per heavy atom. The van der Waals surface area contributed by atoms with Gasteiger partial charge in [-0.15, -0.1) is 0 Å². The molecule has 0 aromatic heterocycles. The standard InChI is InChI=1S/C10H16N2O5/c13-8(7-5-16-4-2-11-7)12-10(9(14)15)1-3-17-6-10/h7,11H,1-6H2,(H,12,13)(H,14,15). The molecular formula is C10H16N2O5. The fraction of sp³-hybridized carbons (Fsp3) is 0.800. The number of carboxylic acids is 1. The van der Waals surface area contributed by atoms with Crippen LogP contribution >= 0.6 is 0 Å². The Bertz CT molecular complexity index is 308. The molecule has 3 N–H and O–H groups in total. The third-order valence-electron chi connectivity index (χ3n) is 3.03. The van der Waals surface area contributed by atoms with Crippen LogP contribution in [0.2, 0.25) is 0 Å². The van der Waals surface area contributed by atoms with Crippen molar-refractivity contribution < 1.29 is 24.2 Å². The second kappa shape index (κ2) is 4.99. The minimum atomic E-state index is -1.28. The lowest BCUT2D eigenvalue weighted by molar-refractivity contribution is -0.148. The molecule has 2 aliphatic rings. The van der Waals surface area contributed by atoms with Gasteiger partial charge in [-0.25, -0.2) is 4.79 Å². The molecule has 2 unspecified atom stereocenters. The summed E-state index contributed by atoms with van der Waals surface area (Å²) in [6.45, 7) is 1.79. The van der Waals surface area contributed by atoms with Crippen LogP contribution in [-0.4, -0.2) is 61.5 Å². The van der Waals surface area contributed by atoms with Crippen molar-refractivity contribution in [3.63, 3.8) is 0 Å². The Morgan fingerprint density at radius 1 is 1.35 bits per heavy atom. The van der Waals surface area contributed by atoms with E-state index in [0.717, 1.165) is 0 Å². The normalized spacial score (nSPS) is 33.3. The first-order valence-corrected chi connectivity index (χ1v) is 5.58. The molecule has 0 aliphatic carbocycles. The van der Waals surface area contributed by atoms with Crippen molar-refractivity contribution in [3.8, 4) is 0 Å². The second-order valence-electron chi connectivity index (χ2n) is 4.26. The number of hydrogen-bond acceptors (Lipinski definition) is 5. The third-order valence-corrected chi connectivity index (χ3v) is 3.03. The van der Waals surface area contributed by atoms with Gasteiger partial charge in [0.25, 0.3) is 0 Å². The van der Waals surface area contributed by atoms with Gasteiger partial charge in [0, 0.05) is 19.6 Å². The van der Waals surface area contributed by atoms with Crippen molar-refractivity contribution in [2.75, 3.05) is 33.0 Å². The lowest BCUT2D eigenvalue weighted by Crippen LogP contribution is -2.61. The molecule has 2 atom stereocenters. The molecule has 7 nitrogen and oxygen atoms in total. The first-order chi connectivity index (χ1) is 8.14. The van der Waals surface area contributed by atoms with Crippen molar-refractivity contribution in [1.29, 1.82) is 0 Å². The number of carboxylic acid groups (broad SMARTS) is 1. The molecule has 1 amide bonds. The van der Waals surface area contributed by atoms with Gasteiger partial charge in [0.2, 0.25) is 5.91 Å². The van der Waals surface area contributed by atoms with Crippen molar-refractivity contribution in [2.24, 2.45) is 0 Å². The molecule has 17 heavy (non-hydrogen) atoms. The molecular weight excluding hydrogens is 228 g/mol. The van der Waals surface area contributed by atoms with Crippen molar-refractivity contribution >= 4 is 11.9 Å². The van der Waals surface area contributed by atoms with Crippen LogP contribution in [0.4, 0.5) is 0 Å². The van der Waals surface area contributed by atoms with Gasteiger partial charge in [0.15, 0.2) is 5.54 Å². The quantitative estimate of drug-likeness (QED) is 0.549. The summed E-state index contributed by atoms with van der Waals surface area (Å²) in [5.41, 5.74) is -1.28. The summed E-state index contributed by atoms with van der Waals surface area (Å²) in [6.07, 6.45) is 0.293. The van der Waals surface area contributed by atoms with Crippen LogP contribution < -0.4 is 10.6 Å². The zero-order valence-corrected chi connectivity index (χ0v) is 9.40. The van der Waals surface area contributed by atoms with E-state index in [1.165, 1.54) is 0 Å². The molecule has 2 saturated heterocycles. The van der Waals surface area contributed by atoms with E-state index in [4.69, 9.17) is 14.6 Å². The van der Waals surface area contributed by atoms with Gasteiger partial charge in [-0.1, -0.05) is 0 Å². The minimum Gasteiger partial charge on any atom is -0.479 e. The molecule has 0 aromatic carbocycles. The van der Waals surface area contributed by atoms with Crippen LogP contribution in [0.25, 0.3) is 0 Å². The monoisotopic (exact) mass is 244 g/mol. The minimum absolute atomic E-state index is 0.0155. The van der Waals surface area contributed by atoms with E-state index < -0.39 is 17.6 Å². The van der Waals surface area contributed by atoms with Crippen LogP contribution in [0.1, 0.15) is 6.42 Å². The van der Waals surface area contributed by atoms with Gasteiger partial charge in [-0.05, 0) is 0 Å². The van der Waals surface area contributed by atoms with Crippen molar-refractivity contribution in [3.05, 3.63) is 0 Å². The number of carbonyl (C=O) groups excluding carboxylic acids is 1. The number of rotatable bonds is 3. The maximum atomic E-state index is 11.9. The van der Waals surface area contributed by atoms with Gasteiger partial charge < -0.3 is 25.2 Å². The summed E-state index contributed by atoms with van der Waals surface area (Å²) in [4.78, 5) is 23.1. The number of aliphatic carboxylic acids is 1. The summed E-state index contributed by atoms with van der Waals surface area (Å²) < 4.78 is 10.2. The highest BCUT2D eigenvalue weighted by atomic mass is 16.5. The Kier molecular flexibility index (Phi) is 3.60. The van der Waals surface area contributed by atoms with Gasteiger partial charge >= 0.3 is 5.97 Å². The Hall–Kier alpha value is -1.18. The molecule has 2 fully saturated rings. The Balaban J connectivity index is 1.98. The smallest absolute Gasteiger partial charge is 0.331 e. The van der Waals surface area contributed by atoms with E-state index in [0.29, 0.717) is 26.2 Å². The van der Waals surface area contributed by atoms with Gasteiger partial charge in [0.05, 0.1) is 19.8 Å². The summed E-state index contributed by atoms with van der Waals surface area (Å²) in [6, 6.07) is -0.486. The number of carbonyl (C=O) groups is 2. The van der Waals surface area contributed by atoms with Crippen molar-refractivity contribution in [2.45, 2.75) is 18.0 Å². The van der Waals surface area contributed by atoms with E-state index in [-0.39, 0.29) is 19.1 Å². The van der Waals surface area contributed by atoms with Crippen molar-refractivity contribution in [1.82, 2.24) is 10.6 Å². The fourth-order valence-electron chi connectivity index (χ4n) is 1.94. The van der Waals surface area contributed by atoms with Gasteiger partial charge in [-0.3, -0.25) is 4.79 Å². The number of amides is 1. The van der Waals surface area contributed by atoms with Crippen LogP contribution in [0.15, 0.2) is 0 Å². The number of hydrogen-bond donors (Lipinski definition) is 3. The SMILES string of the molecule is O=C(NC1(C(=O)O)CCOC1)C1COCCN1. The summed E-state index contributed by atoms with van der Waals surface area (Å²) in [7, 11) is 0. The van der Waals surface area contributed by atoms with Crippen LogP contribution in [0.3, 0.4) is 0 Å². The molecule has 0 saturated carbocycles. The number of nitrogens with one attached hydrogen (secondary N) is 2. The predicted octanol–water partition coefficient (Wildman–Crippen LogP) is -1.67. The van der Waals surface area contributed by atoms with E-state index in [2.05, 4.69) is 10.6 Å². The molecule has 2 rings (SSSR count). The molecule has 7 heteroatoms. The molecule has 2 aliphatic heterocycles. The Labute approximate surface area is 98.5 Å². The molecule has 2 heterocycles. The zero-order chi connectivity index (χ0) is 12.3. The average molecular weight is 244 g/mol. The van der Waals surface area contributed by atoms with E-state index in [1.807, 2.05) is 0 Å². The average Bonchev–Trinajstić information content (AvgIpc) is 2.80. The summed E-state index contributed by atoms with van der Waals surface area (Å²) in [5.74, 6) is -1.40. The first kappa shape index (κ1) is 12.3. The predicted molar refractivity (Wildman–Crippen MR) is 56.6 cm³/mol. The molecule has 0 bridgehead atoms. The molecule has 0 radical (unpaired) electrons. The number of morpholine rings is 1. The maximum Gasteiger partial charge on any atom is 0.331 e. The van der Waals surface area contributed by atoms with E-state index in [9.17, 15) is 9.59 Å². The van der Waals surface area contributed by atoms with Crippen LogP contribution in [0.5, 0.6) is 0 Å². The molecule has 0 spiro atoms. The van der Waals surface area contributed by atoms with Crippen LogP contribution in [0, 0.1) is 0 Å². The lowest BCUT2D eigenvalue weighted by Gasteiger charge is -2.28.